The topological polar surface area (TPSA) is 12.0 Å². The van der Waals surface area contributed by atoms with E-state index in [-0.39, 0.29) is 5.54 Å². The molecule has 1 atom stereocenters. The highest BCUT2D eigenvalue weighted by molar-refractivity contribution is 6.30. The molecule has 0 aliphatic rings. The van der Waals surface area contributed by atoms with E-state index in [9.17, 15) is 0 Å². The molecular weight excluding hydrogens is 194 g/mol. The van der Waals surface area contributed by atoms with Crippen LogP contribution in [0, 0.1) is 0 Å². The Morgan fingerprint density at radius 2 is 1.64 bits per heavy atom. The van der Waals surface area contributed by atoms with Crippen LogP contribution in [0.1, 0.15) is 39.3 Å². The van der Waals surface area contributed by atoms with Crippen molar-refractivity contribution in [2.45, 2.75) is 39.3 Å². The van der Waals surface area contributed by atoms with Gasteiger partial charge in [-0.2, -0.15) is 0 Å². The van der Waals surface area contributed by atoms with Crippen molar-refractivity contribution in [3.63, 3.8) is 0 Å². The van der Waals surface area contributed by atoms with E-state index >= 15 is 0 Å². The van der Waals surface area contributed by atoms with E-state index < -0.39 is 0 Å². The molecule has 1 N–H and O–H groups in total. The summed E-state index contributed by atoms with van der Waals surface area (Å²) < 4.78 is 0. The first-order valence-electron chi connectivity index (χ1n) is 4.92. The molecule has 1 aromatic carbocycles. The number of hydrogen-bond donors (Lipinski definition) is 1. The van der Waals surface area contributed by atoms with Gasteiger partial charge in [-0.25, -0.2) is 0 Å². The lowest BCUT2D eigenvalue weighted by Crippen LogP contribution is -2.37. The van der Waals surface area contributed by atoms with Gasteiger partial charge in [-0.3, -0.25) is 0 Å². The third kappa shape index (κ3) is 3.69. The van der Waals surface area contributed by atoms with E-state index in [0.29, 0.717) is 6.04 Å². The van der Waals surface area contributed by atoms with Gasteiger partial charge in [0.05, 0.1) is 0 Å². The predicted octanol–water partition coefficient (Wildman–Crippen LogP) is 3.79. The number of rotatable bonds is 2. The molecule has 0 amide bonds. The summed E-state index contributed by atoms with van der Waals surface area (Å²) in [6.45, 7) is 8.66. The van der Waals surface area contributed by atoms with Crippen LogP contribution in [-0.2, 0) is 0 Å². The van der Waals surface area contributed by atoms with Gasteiger partial charge in [-0.1, -0.05) is 23.7 Å². The van der Waals surface area contributed by atoms with Crippen molar-refractivity contribution in [2.75, 3.05) is 0 Å². The van der Waals surface area contributed by atoms with Crippen molar-refractivity contribution in [2.24, 2.45) is 0 Å². The normalized spacial score (nSPS) is 14.1. The van der Waals surface area contributed by atoms with Gasteiger partial charge in [-0.05, 0) is 45.4 Å². The average molecular weight is 212 g/mol. The standard InChI is InChI=1S/C12H18ClN/c1-9(14-12(2,3)4)10-5-7-11(13)8-6-10/h5-9,14H,1-4H3/t9-/m1/s1. The maximum Gasteiger partial charge on any atom is 0.0406 e. The van der Waals surface area contributed by atoms with Crippen molar-refractivity contribution in [3.8, 4) is 0 Å². The molecule has 0 spiro atoms. The summed E-state index contributed by atoms with van der Waals surface area (Å²) in [5.41, 5.74) is 1.41. The molecule has 0 saturated heterocycles. The van der Waals surface area contributed by atoms with Crippen LogP contribution in [0.15, 0.2) is 24.3 Å². The first-order valence-corrected chi connectivity index (χ1v) is 5.29. The maximum absolute atomic E-state index is 5.83. The Hall–Kier alpha value is -0.530. The highest BCUT2D eigenvalue weighted by Crippen LogP contribution is 2.18. The Kier molecular flexibility index (Phi) is 3.57. The smallest absolute Gasteiger partial charge is 0.0406 e. The van der Waals surface area contributed by atoms with E-state index in [1.165, 1.54) is 5.56 Å². The highest BCUT2D eigenvalue weighted by atomic mass is 35.5. The third-order valence-corrected chi connectivity index (χ3v) is 2.27. The van der Waals surface area contributed by atoms with E-state index in [1.54, 1.807) is 0 Å². The molecule has 0 saturated carbocycles. The fraction of sp³-hybridized carbons (Fsp3) is 0.500. The lowest BCUT2D eigenvalue weighted by atomic mass is 10.0. The Balaban J connectivity index is 2.70. The monoisotopic (exact) mass is 211 g/mol. The second-order valence-corrected chi connectivity index (χ2v) is 5.10. The molecule has 0 aliphatic carbocycles. The van der Waals surface area contributed by atoms with Crippen molar-refractivity contribution in [3.05, 3.63) is 34.9 Å². The van der Waals surface area contributed by atoms with Crippen LogP contribution in [0.3, 0.4) is 0 Å². The van der Waals surface area contributed by atoms with Crippen molar-refractivity contribution in [1.82, 2.24) is 5.32 Å². The second kappa shape index (κ2) is 4.33. The zero-order chi connectivity index (χ0) is 10.8. The first-order chi connectivity index (χ1) is 6.38. The van der Waals surface area contributed by atoms with Crippen LogP contribution in [0.5, 0.6) is 0 Å². The summed E-state index contributed by atoms with van der Waals surface area (Å²) in [4.78, 5) is 0. The van der Waals surface area contributed by atoms with Gasteiger partial charge in [0.15, 0.2) is 0 Å². The van der Waals surface area contributed by atoms with Crippen molar-refractivity contribution < 1.29 is 0 Å². The minimum Gasteiger partial charge on any atom is -0.306 e. The van der Waals surface area contributed by atoms with Gasteiger partial charge >= 0.3 is 0 Å². The summed E-state index contributed by atoms with van der Waals surface area (Å²) in [5, 5.41) is 4.30. The molecule has 0 bridgehead atoms. The fourth-order valence-corrected chi connectivity index (χ4v) is 1.61. The van der Waals surface area contributed by atoms with Gasteiger partial charge in [0.2, 0.25) is 0 Å². The molecule has 1 aromatic rings. The molecule has 78 valence electrons. The van der Waals surface area contributed by atoms with Crippen LogP contribution in [0.25, 0.3) is 0 Å². The molecular formula is C12H18ClN. The van der Waals surface area contributed by atoms with Gasteiger partial charge in [0.1, 0.15) is 0 Å². The lowest BCUT2D eigenvalue weighted by Gasteiger charge is -2.26. The summed E-state index contributed by atoms with van der Waals surface area (Å²) in [7, 11) is 0. The average Bonchev–Trinajstić information content (AvgIpc) is 2.02. The molecule has 0 heterocycles. The lowest BCUT2D eigenvalue weighted by molar-refractivity contribution is 0.378. The Labute approximate surface area is 91.5 Å². The van der Waals surface area contributed by atoms with Crippen LogP contribution in [0.2, 0.25) is 5.02 Å². The van der Waals surface area contributed by atoms with E-state index in [2.05, 4.69) is 45.1 Å². The summed E-state index contributed by atoms with van der Waals surface area (Å²) >= 11 is 5.83. The Bertz CT molecular complexity index is 284. The van der Waals surface area contributed by atoms with Crippen molar-refractivity contribution in [1.29, 1.82) is 0 Å². The molecule has 0 radical (unpaired) electrons. The Morgan fingerprint density at radius 3 is 2.07 bits per heavy atom. The van der Waals surface area contributed by atoms with Crippen LogP contribution in [-0.4, -0.2) is 5.54 Å². The maximum atomic E-state index is 5.83. The molecule has 2 heteroatoms. The third-order valence-electron chi connectivity index (χ3n) is 2.02. The Morgan fingerprint density at radius 1 is 1.14 bits per heavy atom. The zero-order valence-electron chi connectivity index (χ0n) is 9.26. The van der Waals surface area contributed by atoms with E-state index in [1.807, 2.05) is 12.1 Å². The number of hydrogen-bond acceptors (Lipinski definition) is 1. The minimum atomic E-state index is 0.138. The van der Waals surface area contributed by atoms with Gasteiger partial charge in [0, 0.05) is 16.6 Å². The van der Waals surface area contributed by atoms with Gasteiger partial charge < -0.3 is 5.32 Å². The molecule has 1 nitrogen and oxygen atoms in total. The fourth-order valence-electron chi connectivity index (χ4n) is 1.48. The molecule has 14 heavy (non-hydrogen) atoms. The molecule has 0 fully saturated rings. The number of benzene rings is 1. The van der Waals surface area contributed by atoms with Crippen LogP contribution < -0.4 is 5.32 Å². The highest BCUT2D eigenvalue weighted by Gasteiger charge is 2.14. The zero-order valence-corrected chi connectivity index (χ0v) is 10.0. The van der Waals surface area contributed by atoms with Gasteiger partial charge in [-0.15, -0.1) is 0 Å². The van der Waals surface area contributed by atoms with Gasteiger partial charge in [0.25, 0.3) is 0 Å². The van der Waals surface area contributed by atoms with Crippen LogP contribution >= 0.6 is 11.6 Å². The number of nitrogens with one attached hydrogen (secondary N) is 1. The SMILES string of the molecule is C[C@@H](NC(C)(C)C)c1ccc(Cl)cc1. The van der Waals surface area contributed by atoms with E-state index in [0.717, 1.165) is 5.02 Å². The molecule has 0 unspecified atom stereocenters. The summed E-state index contributed by atoms with van der Waals surface area (Å²) in [5.74, 6) is 0. The minimum absolute atomic E-state index is 0.138. The molecule has 1 rings (SSSR count). The van der Waals surface area contributed by atoms with Crippen molar-refractivity contribution >= 4 is 11.6 Å². The second-order valence-electron chi connectivity index (χ2n) is 4.67. The predicted molar refractivity (Wildman–Crippen MR) is 62.8 cm³/mol. The van der Waals surface area contributed by atoms with Crippen LogP contribution in [0.4, 0.5) is 0 Å². The quantitative estimate of drug-likeness (QED) is 0.785. The molecule has 0 aliphatic heterocycles. The largest absolute Gasteiger partial charge is 0.306 e. The molecule has 0 aromatic heterocycles. The van der Waals surface area contributed by atoms with E-state index in [4.69, 9.17) is 11.6 Å². The first kappa shape index (κ1) is 11.5. The number of halogens is 1. The summed E-state index contributed by atoms with van der Waals surface area (Å²) in [6.07, 6.45) is 0. The summed E-state index contributed by atoms with van der Waals surface area (Å²) in [6, 6.07) is 8.33.